The fourth-order valence-corrected chi connectivity index (χ4v) is 3.20. The van der Waals surface area contributed by atoms with Crippen molar-refractivity contribution < 1.29 is 19.1 Å². The molecule has 0 heterocycles. The molecule has 0 fully saturated rings. The smallest absolute Gasteiger partial charge is 0.253 e. The molecule has 2 N–H and O–H groups in total. The first kappa shape index (κ1) is 22.9. The Balaban J connectivity index is 1.50. The van der Waals surface area contributed by atoms with Gasteiger partial charge in [-0.25, -0.2) is 0 Å². The van der Waals surface area contributed by atoms with E-state index in [4.69, 9.17) is 9.47 Å². The summed E-state index contributed by atoms with van der Waals surface area (Å²) in [4.78, 5) is 25.2. The summed E-state index contributed by atoms with van der Waals surface area (Å²) in [5, 5.41) is 5.83. The lowest BCUT2D eigenvalue weighted by Crippen LogP contribution is -2.28. The summed E-state index contributed by atoms with van der Waals surface area (Å²) < 4.78 is 10.8. The molecule has 6 heteroatoms. The second-order valence-corrected chi connectivity index (χ2v) is 7.33. The van der Waals surface area contributed by atoms with Crippen molar-refractivity contribution in [3.05, 3.63) is 90.0 Å². The summed E-state index contributed by atoms with van der Waals surface area (Å²) in [5.74, 6) is 1.08. The van der Waals surface area contributed by atoms with Crippen LogP contribution >= 0.6 is 0 Å². The molecule has 0 radical (unpaired) electrons. The average molecular weight is 433 g/mol. The predicted molar refractivity (Wildman–Crippen MR) is 125 cm³/mol. The number of amides is 2. The van der Waals surface area contributed by atoms with E-state index in [0.717, 1.165) is 17.1 Å². The normalized spacial score (nSPS) is 11.3. The molecule has 0 spiro atoms. The SMILES string of the molecule is COc1ccc(OCCCC(=O)Nc2ccccc2C(=O)NC(C)c2ccccc2)cc1. The van der Waals surface area contributed by atoms with Crippen LogP contribution in [0.2, 0.25) is 0 Å². The van der Waals surface area contributed by atoms with E-state index in [1.165, 1.54) is 0 Å². The molecule has 0 aliphatic heterocycles. The van der Waals surface area contributed by atoms with Gasteiger partial charge in [-0.15, -0.1) is 0 Å². The van der Waals surface area contributed by atoms with Gasteiger partial charge in [0.1, 0.15) is 11.5 Å². The molecular weight excluding hydrogens is 404 g/mol. The molecule has 0 saturated carbocycles. The van der Waals surface area contributed by atoms with Crippen LogP contribution in [0.5, 0.6) is 11.5 Å². The Morgan fingerprint density at radius 2 is 1.53 bits per heavy atom. The molecule has 0 aliphatic rings. The summed E-state index contributed by atoms with van der Waals surface area (Å²) in [6.07, 6.45) is 0.837. The van der Waals surface area contributed by atoms with Crippen LogP contribution in [0, 0.1) is 0 Å². The Bertz CT molecular complexity index is 1020. The van der Waals surface area contributed by atoms with E-state index >= 15 is 0 Å². The fraction of sp³-hybridized carbons (Fsp3) is 0.231. The molecule has 1 atom stereocenters. The second-order valence-electron chi connectivity index (χ2n) is 7.33. The number of carbonyl (C=O) groups excluding carboxylic acids is 2. The van der Waals surface area contributed by atoms with E-state index in [1.54, 1.807) is 31.4 Å². The molecule has 0 aliphatic carbocycles. The quantitative estimate of drug-likeness (QED) is 0.443. The highest BCUT2D eigenvalue weighted by Gasteiger charge is 2.16. The van der Waals surface area contributed by atoms with Crippen molar-refractivity contribution >= 4 is 17.5 Å². The van der Waals surface area contributed by atoms with Gasteiger partial charge >= 0.3 is 0 Å². The average Bonchev–Trinajstić information content (AvgIpc) is 2.83. The van der Waals surface area contributed by atoms with Crippen molar-refractivity contribution in [1.82, 2.24) is 5.32 Å². The van der Waals surface area contributed by atoms with Gasteiger partial charge in [-0.05, 0) is 55.3 Å². The molecule has 0 saturated heterocycles. The standard InChI is InChI=1S/C26H28N2O4/c1-19(20-9-4-3-5-10-20)27-26(30)23-11-6-7-12-24(23)28-25(29)13-8-18-32-22-16-14-21(31-2)15-17-22/h3-7,9-12,14-17,19H,8,13,18H2,1-2H3,(H,27,30)(H,28,29). The maximum absolute atomic E-state index is 12.8. The number of benzene rings is 3. The number of anilines is 1. The summed E-state index contributed by atoms with van der Waals surface area (Å²) in [5.41, 5.74) is 1.93. The van der Waals surface area contributed by atoms with Gasteiger partial charge in [0.05, 0.1) is 31.0 Å². The van der Waals surface area contributed by atoms with E-state index in [0.29, 0.717) is 24.3 Å². The third-order valence-electron chi connectivity index (χ3n) is 4.97. The molecular formula is C26H28N2O4. The minimum atomic E-state index is -0.236. The number of methoxy groups -OCH3 is 1. The largest absolute Gasteiger partial charge is 0.497 e. The zero-order valence-corrected chi connectivity index (χ0v) is 18.3. The number of carbonyl (C=O) groups is 2. The lowest BCUT2D eigenvalue weighted by molar-refractivity contribution is -0.116. The van der Waals surface area contributed by atoms with Crippen LogP contribution in [-0.4, -0.2) is 25.5 Å². The zero-order valence-electron chi connectivity index (χ0n) is 18.3. The van der Waals surface area contributed by atoms with E-state index < -0.39 is 0 Å². The van der Waals surface area contributed by atoms with Crippen LogP contribution in [0.25, 0.3) is 0 Å². The van der Waals surface area contributed by atoms with Gasteiger partial charge in [0.2, 0.25) is 5.91 Å². The molecule has 3 aromatic rings. The van der Waals surface area contributed by atoms with Crippen LogP contribution in [0.3, 0.4) is 0 Å². The molecule has 0 aromatic heterocycles. The van der Waals surface area contributed by atoms with Crippen molar-refractivity contribution in [2.75, 3.05) is 19.0 Å². The number of nitrogens with one attached hydrogen (secondary N) is 2. The van der Waals surface area contributed by atoms with Crippen molar-refractivity contribution in [1.29, 1.82) is 0 Å². The van der Waals surface area contributed by atoms with Crippen LogP contribution in [0.4, 0.5) is 5.69 Å². The Labute approximate surface area is 188 Å². The van der Waals surface area contributed by atoms with Crippen molar-refractivity contribution in [2.45, 2.75) is 25.8 Å². The van der Waals surface area contributed by atoms with Crippen molar-refractivity contribution in [3.63, 3.8) is 0 Å². The van der Waals surface area contributed by atoms with Gasteiger partial charge in [-0.3, -0.25) is 9.59 Å². The van der Waals surface area contributed by atoms with Gasteiger partial charge < -0.3 is 20.1 Å². The lowest BCUT2D eigenvalue weighted by atomic mass is 10.1. The molecule has 3 aromatic carbocycles. The number of ether oxygens (including phenoxy) is 2. The highest BCUT2D eigenvalue weighted by Crippen LogP contribution is 2.19. The number of hydrogen-bond donors (Lipinski definition) is 2. The first-order valence-electron chi connectivity index (χ1n) is 10.6. The fourth-order valence-electron chi connectivity index (χ4n) is 3.20. The molecule has 0 bridgehead atoms. The van der Waals surface area contributed by atoms with Crippen LogP contribution < -0.4 is 20.1 Å². The van der Waals surface area contributed by atoms with E-state index in [9.17, 15) is 9.59 Å². The van der Waals surface area contributed by atoms with E-state index in [-0.39, 0.29) is 24.3 Å². The molecule has 1 unspecified atom stereocenters. The molecule has 3 rings (SSSR count). The Hall–Kier alpha value is -3.80. The second kappa shape index (κ2) is 11.6. The number of hydrogen-bond acceptors (Lipinski definition) is 4. The monoisotopic (exact) mass is 432 g/mol. The summed E-state index contributed by atoms with van der Waals surface area (Å²) >= 11 is 0. The first-order valence-corrected chi connectivity index (χ1v) is 10.6. The molecule has 6 nitrogen and oxygen atoms in total. The Kier molecular flexibility index (Phi) is 8.26. The van der Waals surface area contributed by atoms with Crippen LogP contribution in [-0.2, 0) is 4.79 Å². The van der Waals surface area contributed by atoms with E-state index in [2.05, 4.69) is 10.6 Å². The lowest BCUT2D eigenvalue weighted by Gasteiger charge is -2.16. The predicted octanol–water partition coefficient (Wildman–Crippen LogP) is 4.98. The number of para-hydroxylation sites is 1. The summed E-state index contributed by atoms with van der Waals surface area (Å²) in [6, 6.07) is 23.9. The minimum Gasteiger partial charge on any atom is -0.497 e. The summed E-state index contributed by atoms with van der Waals surface area (Å²) in [6.45, 7) is 2.34. The van der Waals surface area contributed by atoms with Gasteiger partial charge in [-0.1, -0.05) is 42.5 Å². The highest BCUT2D eigenvalue weighted by atomic mass is 16.5. The molecule has 2 amide bonds. The number of rotatable bonds is 10. The minimum absolute atomic E-state index is 0.150. The molecule has 166 valence electrons. The van der Waals surface area contributed by atoms with E-state index in [1.807, 2.05) is 61.5 Å². The van der Waals surface area contributed by atoms with Gasteiger partial charge in [0, 0.05) is 6.42 Å². The summed E-state index contributed by atoms with van der Waals surface area (Å²) in [7, 11) is 1.61. The highest BCUT2D eigenvalue weighted by molar-refractivity contribution is 6.03. The zero-order chi connectivity index (χ0) is 22.8. The first-order chi connectivity index (χ1) is 15.6. The van der Waals surface area contributed by atoms with Crippen LogP contribution in [0.1, 0.15) is 41.7 Å². The topological polar surface area (TPSA) is 76.7 Å². The third kappa shape index (κ3) is 6.60. The van der Waals surface area contributed by atoms with Crippen LogP contribution in [0.15, 0.2) is 78.9 Å². The van der Waals surface area contributed by atoms with Gasteiger partial charge in [0.15, 0.2) is 0 Å². The van der Waals surface area contributed by atoms with Crippen molar-refractivity contribution in [3.8, 4) is 11.5 Å². The molecule has 32 heavy (non-hydrogen) atoms. The maximum atomic E-state index is 12.8. The maximum Gasteiger partial charge on any atom is 0.253 e. The Morgan fingerprint density at radius 1 is 0.875 bits per heavy atom. The van der Waals surface area contributed by atoms with Gasteiger partial charge in [-0.2, -0.15) is 0 Å². The van der Waals surface area contributed by atoms with Crippen molar-refractivity contribution in [2.24, 2.45) is 0 Å². The Morgan fingerprint density at radius 3 is 2.25 bits per heavy atom. The van der Waals surface area contributed by atoms with Gasteiger partial charge in [0.25, 0.3) is 5.91 Å². The third-order valence-corrected chi connectivity index (χ3v) is 4.97.